The van der Waals surface area contributed by atoms with Crippen LogP contribution in [0.5, 0.6) is 0 Å². The molecule has 34 heavy (non-hydrogen) atoms. The van der Waals surface area contributed by atoms with Crippen molar-refractivity contribution >= 4 is 17.4 Å². The van der Waals surface area contributed by atoms with Gasteiger partial charge in [-0.15, -0.1) is 0 Å². The number of aryl methyl sites for hydroxylation is 1. The standard InChI is InChI=1S/C27H29FN4O2/c1-18-25-23(16-27(2,3)17-24(25)33)32(29-18)20-10-8-19(9-11-20)26(34)31-14-12-30(13-15-31)22-7-5-4-6-21(22)28/h4-11H,12-17H2,1-3H3. The van der Waals surface area contributed by atoms with Gasteiger partial charge in [-0.2, -0.15) is 5.10 Å². The third-order valence-electron chi connectivity index (χ3n) is 6.84. The van der Waals surface area contributed by atoms with Crippen LogP contribution >= 0.6 is 0 Å². The summed E-state index contributed by atoms with van der Waals surface area (Å²) >= 11 is 0. The summed E-state index contributed by atoms with van der Waals surface area (Å²) in [4.78, 5) is 29.6. The van der Waals surface area contributed by atoms with Gasteiger partial charge in [0.2, 0.25) is 0 Å². The molecule has 1 aromatic heterocycles. The fourth-order valence-corrected chi connectivity index (χ4v) is 5.14. The first-order chi connectivity index (χ1) is 16.2. The summed E-state index contributed by atoms with van der Waals surface area (Å²) in [5, 5.41) is 4.65. The van der Waals surface area contributed by atoms with Crippen LogP contribution in [0.2, 0.25) is 0 Å². The first kappa shape index (κ1) is 22.3. The highest BCUT2D eigenvalue weighted by Crippen LogP contribution is 2.37. The molecule has 2 aliphatic rings. The van der Waals surface area contributed by atoms with E-state index in [9.17, 15) is 14.0 Å². The number of fused-ring (bicyclic) bond motifs is 1. The number of Topliss-reactive ketones (excluding diaryl/α,β-unsaturated/α-hetero) is 1. The molecule has 2 heterocycles. The van der Waals surface area contributed by atoms with Crippen molar-refractivity contribution in [2.45, 2.75) is 33.6 Å². The van der Waals surface area contributed by atoms with E-state index in [0.717, 1.165) is 29.1 Å². The minimum atomic E-state index is -0.237. The van der Waals surface area contributed by atoms with Crippen LogP contribution in [-0.2, 0) is 6.42 Å². The van der Waals surface area contributed by atoms with E-state index < -0.39 is 0 Å². The van der Waals surface area contributed by atoms with E-state index in [4.69, 9.17) is 0 Å². The second-order valence-electron chi connectivity index (χ2n) is 10.0. The highest BCUT2D eigenvalue weighted by Gasteiger charge is 2.35. The molecule has 0 N–H and O–H groups in total. The predicted molar refractivity (Wildman–Crippen MR) is 129 cm³/mol. The zero-order valence-corrected chi connectivity index (χ0v) is 19.8. The second-order valence-corrected chi connectivity index (χ2v) is 10.0. The quantitative estimate of drug-likeness (QED) is 0.580. The zero-order chi connectivity index (χ0) is 24.0. The predicted octanol–water partition coefficient (Wildman–Crippen LogP) is 4.44. The highest BCUT2D eigenvalue weighted by atomic mass is 19.1. The number of carbonyl (C=O) groups excluding carboxylic acids is 2. The Balaban J connectivity index is 1.31. The lowest BCUT2D eigenvalue weighted by atomic mass is 9.75. The average molecular weight is 461 g/mol. The van der Waals surface area contributed by atoms with Crippen molar-refractivity contribution in [2.24, 2.45) is 5.41 Å². The van der Waals surface area contributed by atoms with Crippen LogP contribution in [0.25, 0.3) is 5.69 Å². The second kappa shape index (κ2) is 8.38. The molecule has 1 saturated heterocycles. The molecule has 0 bridgehead atoms. The summed E-state index contributed by atoms with van der Waals surface area (Å²) < 4.78 is 15.9. The van der Waals surface area contributed by atoms with Gasteiger partial charge in [0.25, 0.3) is 5.91 Å². The van der Waals surface area contributed by atoms with Gasteiger partial charge in [-0.05, 0) is 55.2 Å². The van der Waals surface area contributed by atoms with E-state index in [0.29, 0.717) is 43.9 Å². The van der Waals surface area contributed by atoms with Crippen molar-refractivity contribution in [3.63, 3.8) is 0 Å². The first-order valence-corrected chi connectivity index (χ1v) is 11.7. The van der Waals surface area contributed by atoms with E-state index >= 15 is 0 Å². The summed E-state index contributed by atoms with van der Waals surface area (Å²) in [5.41, 5.74) is 4.37. The Labute approximate surface area is 199 Å². The molecule has 0 atom stereocenters. The van der Waals surface area contributed by atoms with Crippen molar-refractivity contribution in [3.8, 4) is 5.69 Å². The SMILES string of the molecule is Cc1nn(-c2ccc(C(=O)N3CCN(c4ccccc4F)CC3)cc2)c2c1C(=O)CC(C)(C)C2. The van der Waals surface area contributed by atoms with Gasteiger partial charge >= 0.3 is 0 Å². The molecule has 0 saturated carbocycles. The third kappa shape index (κ3) is 4.00. The molecule has 1 aliphatic carbocycles. The van der Waals surface area contributed by atoms with E-state index in [2.05, 4.69) is 18.9 Å². The summed E-state index contributed by atoms with van der Waals surface area (Å²) in [6.07, 6.45) is 1.31. The molecule has 176 valence electrons. The van der Waals surface area contributed by atoms with Crippen LogP contribution in [-0.4, -0.2) is 52.5 Å². The van der Waals surface area contributed by atoms with E-state index in [1.807, 2.05) is 51.7 Å². The van der Waals surface area contributed by atoms with Gasteiger partial charge in [-0.3, -0.25) is 9.59 Å². The number of rotatable bonds is 3. The van der Waals surface area contributed by atoms with Gasteiger partial charge in [0.15, 0.2) is 5.78 Å². The minimum absolute atomic E-state index is 0.0327. The van der Waals surface area contributed by atoms with Gasteiger partial charge in [-0.1, -0.05) is 26.0 Å². The monoisotopic (exact) mass is 460 g/mol. The Bertz CT molecular complexity index is 1250. The van der Waals surface area contributed by atoms with Crippen LogP contribution < -0.4 is 4.90 Å². The molecule has 7 heteroatoms. The number of amides is 1. The molecule has 3 aromatic rings. The maximum Gasteiger partial charge on any atom is 0.253 e. The molecule has 0 radical (unpaired) electrons. The van der Waals surface area contributed by atoms with Crippen LogP contribution in [0, 0.1) is 18.2 Å². The van der Waals surface area contributed by atoms with Gasteiger partial charge in [0, 0.05) is 38.2 Å². The fraction of sp³-hybridized carbons (Fsp3) is 0.370. The average Bonchev–Trinajstić information content (AvgIpc) is 3.14. The Morgan fingerprint density at radius 3 is 2.32 bits per heavy atom. The van der Waals surface area contributed by atoms with E-state index in [1.54, 1.807) is 12.1 Å². The number of hydrogen-bond donors (Lipinski definition) is 0. The maximum absolute atomic E-state index is 14.1. The largest absolute Gasteiger partial charge is 0.366 e. The maximum atomic E-state index is 14.1. The number of para-hydroxylation sites is 1. The van der Waals surface area contributed by atoms with Crippen molar-refractivity contribution in [1.29, 1.82) is 0 Å². The number of benzene rings is 2. The number of piperazine rings is 1. The summed E-state index contributed by atoms with van der Waals surface area (Å²) in [6.45, 7) is 8.35. The van der Waals surface area contributed by atoms with Crippen LogP contribution in [0.3, 0.4) is 0 Å². The Kier molecular flexibility index (Phi) is 5.50. The Hall–Kier alpha value is -3.48. The molecule has 6 nitrogen and oxygen atoms in total. The first-order valence-electron chi connectivity index (χ1n) is 11.7. The molecule has 1 fully saturated rings. The van der Waals surface area contributed by atoms with Crippen molar-refractivity contribution in [1.82, 2.24) is 14.7 Å². The number of ketones is 1. The van der Waals surface area contributed by atoms with Gasteiger partial charge in [-0.25, -0.2) is 9.07 Å². The molecule has 1 amide bonds. The van der Waals surface area contributed by atoms with E-state index in [-0.39, 0.29) is 22.9 Å². The Morgan fingerprint density at radius 1 is 0.971 bits per heavy atom. The van der Waals surface area contributed by atoms with E-state index in [1.165, 1.54) is 6.07 Å². The number of hydrogen-bond acceptors (Lipinski definition) is 4. The molecular weight excluding hydrogens is 431 g/mol. The highest BCUT2D eigenvalue weighted by molar-refractivity contribution is 6.00. The number of aromatic nitrogens is 2. The normalized spacial score (nSPS) is 17.6. The van der Waals surface area contributed by atoms with Crippen LogP contribution in [0.4, 0.5) is 10.1 Å². The van der Waals surface area contributed by atoms with Gasteiger partial charge in [0.1, 0.15) is 5.82 Å². The summed E-state index contributed by atoms with van der Waals surface area (Å²) in [5.74, 6) is -0.120. The van der Waals surface area contributed by atoms with Crippen LogP contribution in [0.1, 0.15) is 52.4 Å². The lowest BCUT2D eigenvalue weighted by molar-refractivity contribution is 0.0746. The molecule has 0 spiro atoms. The number of halogens is 1. The number of anilines is 1. The summed E-state index contributed by atoms with van der Waals surface area (Å²) in [7, 11) is 0. The minimum Gasteiger partial charge on any atom is -0.366 e. The lowest BCUT2D eigenvalue weighted by Crippen LogP contribution is -2.49. The molecule has 0 unspecified atom stereocenters. The molecule has 2 aromatic carbocycles. The van der Waals surface area contributed by atoms with Gasteiger partial charge in [0.05, 0.1) is 28.3 Å². The topological polar surface area (TPSA) is 58.4 Å². The lowest BCUT2D eigenvalue weighted by Gasteiger charge is -2.36. The third-order valence-corrected chi connectivity index (χ3v) is 6.84. The number of carbonyl (C=O) groups is 2. The molecule has 5 rings (SSSR count). The van der Waals surface area contributed by atoms with Gasteiger partial charge < -0.3 is 9.80 Å². The van der Waals surface area contributed by atoms with Crippen molar-refractivity contribution in [3.05, 3.63) is 76.9 Å². The zero-order valence-electron chi connectivity index (χ0n) is 19.8. The van der Waals surface area contributed by atoms with Crippen LogP contribution in [0.15, 0.2) is 48.5 Å². The summed E-state index contributed by atoms with van der Waals surface area (Å²) in [6, 6.07) is 14.2. The molecule has 1 aliphatic heterocycles. The van der Waals surface area contributed by atoms with Crippen molar-refractivity contribution in [2.75, 3.05) is 31.1 Å². The fourth-order valence-electron chi connectivity index (χ4n) is 5.14. The van der Waals surface area contributed by atoms with Crippen molar-refractivity contribution < 1.29 is 14.0 Å². The number of nitrogens with zero attached hydrogens (tertiary/aromatic N) is 4. The smallest absolute Gasteiger partial charge is 0.253 e. The Morgan fingerprint density at radius 2 is 1.65 bits per heavy atom. The molecular formula is C27H29FN4O2.